The Labute approximate surface area is 131 Å². The number of amides is 1. The van der Waals surface area contributed by atoms with Crippen LogP contribution in [0.15, 0.2) is 30.3 Å². The maximum absolute atomic E-state index is 12.1. The Hall–Kier alpha value is -0.690. The average Bonchev–Trinajstić information content (AvgIpc) is 2.49. The predicted molar refractivity (Wildman–Crippen MR) is 90.7 cm³/mol. The van der Waals surface area contributed by atoms with E-state index in [1.807, 2.05) is 37.4 Å². The molecular weight excluding hydrogens is 290 g/mol. The molecule has 1 aromatic rings. The van der Waals surface area contributed by atoms with Gasteiger partial charge in [-0.3, -0.25) is 4.79 Å². The number of thiol groups is 2. The largest absolute Gasteiger partial charge is 0.349 e. The molecule has 1 rings (SSSR count). The van der Waals surface area contributed by atoms with Gasteiger partial charge in [0.15, 0.2) is 0 Å². The number of carbonyl (C=O) groups is 1. The summed E-state index contributed by atoms with van der Waals surface area (Å²) in [4.78, 5) is 12.1. The van der Waals surface area contributed by atoms with Gasteiger partial charge in [-0.15, -0.1) is 0 Å². The molecule has 20 heavy (non-hydrogen) atoms. The van der Waals surface area contributed by atoms with Crippen molar-refractivity contribution in [1.82, 2.24) is 16.0 Å². The summed E-state index contributed by atoms with van der Waals surface area (Å²) in [5.41, 5.74) is 1.13. The minimum absolute atomic E-state index is 0.0232. The molecule has 0 saturated heterocycles. The Morgan fingerprint density at radius 1 is 1.10 bits per heavy atom. The smallest absolute Gasteiger partial charge is 0.238 e. The van der Waals surface area contributed by atoms with Gasteiger partial charge in [-0.1, -0.05) is 30.3 Å². The summed E-state index contributed by atoms with van der Waals surface area (Å²) in [6.45, 7) is 0. The molecule has 0 bridgehead atoms. The Balaban J connectivity index is 2.80. The van der Waals surface area contributed by atoms with Crippen LogP contribution in [-0.2, 0) is 4.79 Å². The van der Waals surface area contributed by atoms with Crippen molar-refractivity contribution >= 4 is 31.2 Å². The summed E-state index contributed by atoms with van der Waals surface area (Å²) >= 11 is 8.54. The third kappa shape index (κ3) is 4.70. The molecular formula is C14H23N3OS2. The monoisotopic (exact) mass is 313 g/mol. The fourth-order valence-electron chi connectivity index (χ4n) is 2.08. The van der Waals surface area contributed by atoms with Crippen molar-refractivity contribution in [2.45, 2.75) is 18.1 Å². The fraction of sp³-hybridized carbons (Fsp3) is 0.500. The minimum atomic E-state index is -0.297. The summed E-state index contributed by atoms with van der Waals surface area (Å²) in [7, 11) is 3.64. The van der Waals surface area contributed by atoms with Gasteiger partial charge in [0, 0.05) is 11.5 Å². The summed E-state index contributed by atoms with van der Waals surface area (Å²) in [6, 6.07) is 9.67. The molecule has 6 heteroatoms. The highest BCUT2D eigenvalue weighted by molar-refractivity contribution is 7.80. The van der Waals surface area contributed by atoms with Crippen molar-refractivity contribution in [3.8, 4) is 0 Å². The minimum Gasteiger partial charge on any atom is -0.349 e. The Morgan fingerprint density at radius 2 is 1.75 bits per heavy atom. The molecule has 0 fully saturated rings. The predicted octanol–water partition coefficient (Wildman–Crippen LogP) is 0.879. The lowest BCUT2D eigenvalue weighted by Gasteiger charge is -2.28. The van der Waals surface area contributed by atoms with Crippen LogP contribution in [0.3, 0.4) is 0 Å². The molecule has 0 aliphatic rings. The van der Waals surface area contributed by atoms with E-state index in [4.69, 9.17) is 0 Å². The molecule has 1 unspecified atom stereocenters. The maximum Gasteiger partial charge on any atom is 0.238 e. The zero-order valence-corrected chi connectivity index (χ0v) is 13.6. The molecule has 0 aromatic heterocycles. The van der Waals surface area contributed by atoms with E-state index in [1.54, 1.807) is 7.05 Å². The van der Waals surface area contributed by atoms with Crippen LogP contribution in [0.2, 0.25) is 0 Å². The van der Waals surface area contributed by atoms with Crippen molar-refractivity contribution in [3.05, 3.63) is 35.9 Å². The molecule has 0 aliphatic carbocycles. The first kappa shape index (κ1) is 17.4. The van der Waals surface area contributed by atoms with E-state index < -0.39 is 0 Å². The van der Waals surface area contributed by atoms with Gasteiger partial charge in [0.05, 0.1) is 18.1 Å². The molecule has 1 aromatic carbocycles. The molecule has 3 N–H and O–H groups in total. The highest BCUT2D eigenvalue weighted by atomic mass is 32.1. The van der Waals surface area contributed by atoms with Gasteiger partial charge in [0.25, 0.3) is 0 Å². The topological polar surface area (TPSA) is 53.2 Å². The number of nitrogens with one attached hydrogen (secondary N) is 3. The third-order valence-corrected chi connectivity index (χ3v) is 4.00. The fourth-order valence-corrected chi connectivity index (χ4v) is 2.73. The van der Waals surface area contributed by atoms with Crippen LogP contribution in [0.5, 0.6) is 0 Å². The zero-order valence-electron chi connectivity index (χ0n) is 11.8. The Morgan fingerprint density at radius 3 is 2.20 bits per heavy atom. The normalized spacial score (nSPS) is 15.4. The number of hydrogen-bond acceptors (Lipinski definition) is 5. The molecule has 4 nitrogen and oxygen atoms in total. The van der Waals surface area contributed by atoms with Gasteiger partial charge in [-0.25, -0.2) is 0 Å². The number of carbonyl (C=O) groups excluding carboxylic acids is 1. The Bertz CT molecular complexity index is 399. The molecule has 0 heterocycles. The lowest BCUT2D eigenvalue weighted by atomic mass is 10.00. The van der Waals surface area contributed by atoms with E-state index in [1.165, 1.54) is 0 Å². The zero-order chi connectivity index (χ0) is 15.0. The molecule has 0 saturated carbocycles. The average molecular weight is 313 g/mol. The summed E-state index contributed by atoms with van der Waals surface area (Å²) in [6.07, 6.45) is 0. The van der Waals surface area contributed by atoms with Crippen molar-refractivity contribution in [3.63, 3.8) is 0 Å². The maximum atomic E-state index is 12.1. The first-order chi connectivity index (χ1) is 9.67. The second kappa shape index (κ2) is 9.28. The van der Waals surface area contributed by atoms with E-state index in [-0.39, 0.29) is 24.0 Å². The quantitative estimate of drug-likeness (QED) is 0.463. The molecule has 0 spiro atoms. The van der Waals surface area contributed by atoms with Crippen LogP contribution in [0, 0.1) is 0 Å². The van der Waals surface area contributed by atoms with Gasteiger partial charge < -0.3 is 16.0 Å². The van der Waals surface area contributed by atoms with Crippen LogP contribution in [0.1, 0.15) is 11.6 Å². The number of hydrogen-bond donors (Lipinski definition) is 5. The van der Waals surface area contributed by atoms with Crippen LogP contribution in [0.25, 0.3) is 0 Å². The first-order valence-corrected chi connectivity index (χ1v) is 7.86. The number of likely N-dealkylation sites (N-methyl/N-ethyl adjacent to an activating group) is 2. The standard InChI is InChI=1S/C14H23N3OS2/c1-15-12(9-20)14(18)17-11(8-19)13(16-2)10-6-4-3-5-7-10/h3-7,11-13,15-16,19-20H,8-9H2,1-2H3,(H,17,18)/t11?,12-,13+/m0/s1. The van der Waals surface area contributed by atoms with Crippen molar-refractivity contribution in [1.29, 1.82) is 0 Å². The van der Waals surface area contributed by atoms with Gasteiger partial charge in [0.1, 0.15) is 0 Å². The van der Waals surface area contributed by atoms with Gasteiger partial charge in [-0.2, -0.15) is 25.3 Å². The Kier molecular flexibility index (Phi) is 8.06. The van der Waals surface area contributed by atoms with Crippen LogP contribution in [-0.4, -0.2) is 43.6 Å². The lowest BCUT2D eigenvalue weighted by molar-refractivity contribution is -0.123. The number of benzene rings is 1. The molecule has 0 radical (unpaired) electrons. The summed E-state index contributed by atoms with van der Waals surface area (Å²) in [5.74, 6) is 0.949. The van der Waals surface area contributed by atoms with E-state index in [2.05, 4.69) is 41.2 Å². The second-order valence-electron chi connectivity index (χ2n) is 4.50. The van der Waals surface area contributed by atoms with Crippen molar-refractivity contribution in [2.75, 3.05) is 25.6 Å². The van der Waals surface area contributed by atoms with E-state index >= 15 is 0 Å². The van der Waals surface area contributed by atoms with Crippen molar-refractivity contribution < 1.29 is 4.79 Å². The molecule has 3 atom stereocenters. The van der Waals surface area contributed by atoms with E-state index in [9.17, 15) is 4.79 Å². The van der Waals surface area contributed by atoms with Gasteiger partial charge in [0.2, 0.25) is 5.91 Å². The third-order valence-electron chi connectivity index (χ3n) is 3.24. The summed E-state index contributed by atoms with van der Waals surface area (Å²) < 4.78 is 0. The molecule has 112 valence electrons. The molecule has 1 amide bonds. The van der Waals surface area contributed by atoms with E-state index in [0.29, 0.717) is 11.5 Å². The first-order valence-electron chi connectivity index (χ1n) is 6.59. The SMILES string of the molecule is CN[C@@H](CS)C(=O)NC(CS)[C@H](NC)c1ccccc1. The highest BCUT2D eigenvalue weighted by Gasteiger charge is 2.24. The van der Waals surface area contributed by atoms with Crippen LogP contribution >= 0.6 is 25.3 Å². The summed E-state index contributed by atoms with van der Waals surface area (Å²) in [5, 5.41) is 9.22. The van der Waals surface area contributed by atoms with Crippen molar-refractivity contribution in [2.24, 2.45) is 0 Å². The van der Waals surface area contributed by atoms with Crippen LogP contribution < -0.4 is 16.0 Å². The van der Waals surface area contributed by atoms with E-state index in [0.717, 1.165) is 5.56 Å². The van der Waals surface area contributed by atoms with Gasteiger partial charge in [-0.05, 0) is 19.7 Å². The van der Waals surface area contributed by atoms with Gasteiger partial charge >= 0.3 is 0 Å². The van der Waals surface area contributed by atoms with Crippen LogP contribution in [0.4, 0.5) is 0 Å². The number of rotatable bonds is 8. The highest BCUT2D eigenvalue weighted by Crippen LogP contribution is 2.17. The second-order valence-corrected chi connectivity index (χ2v) is 5.23. The molecule has 0 aliphatic heterocycles. The lowest BCUT2D eigenvalue weighted by Crippen LogP contribution is -2.52.